The smallest absolute Gasteiger partial charge is 0.146 e. The highest BCUT2D eigenvalue weighted by Crippen LogP contribution is 2.46. The molecule has 2 aliphatic carbocycles. The number of hydrogen-bond donors (Lipinski definition) is 3. The SMILES string of the molecule is C=C/C(=C\C(=C)Oc1ccccc1)CCNCCCNC[C@@H]1CC[C@H](n2cc(C3CC3)c3c(N)ncnc32)C1. The van der Waals surface area contributed by atoms with Gasteiger partial charge in [0.05, 0.1) is 5.39 Å². The Balaban J connectivity index is 0.976. The molecule has 2 aliphatic rings. The van der Waals surface area contributed by atoms with Crippen LogP contribution < -0.4 is 21.1 Å². The molecule has 0 radical (unpaired) electrons. The number of fused-ring (bicyclic) bond motifs is 1. The number of hydrogen-bond acceptors (Lipinski definition) is 6. The van der Waals surface area contributed by atoms with Crippen LogP contribution >= 0.6 is 0 Å². The molecule has 3 aromatic rings. The Kier molecular flexibility index (Phi) is 9.12. The lowest BCUT2D eigenvalue weighted by molar-refractivity contribution is 0.446. The second-order valence-electron chi connectivity index (χ2n) is 10.9. The highest BCUT2D eigenvalue weighted by Gasteiger charge is 2.32. The number of aromatic nitrogens is 3. The number of rotatable bonds is 15. The molecule has 1 aromatic carbocycles. The Morgan fingerprint density at radius 3 is 2.69 bits per heavy atom. The molecule has 39 heavy (non-hydrogen) atoms. The predicted molar refractivity (Wildman–Crippen MR) is 160 cm³/mol. The summed E-state index contributed by atoms with van der Waals surface area (Å²) >= 11 is 0. The average molecular weight is 527 g/mol. The van der Waals surface area contributed by atoms with Gasteiger partial charge < -0.3 is 25.7 Å². The van der Waals surface area contributed by atoms with Gasteiger partial charge in [-0.25, -0.2) is 9.97 Å². The van der Waals surface area contributed by atoms with E-state index in [9.17, 15) is 0 Å². The van der Waals surface area contributed by atoms with Crippen LogP contribution in [0.15, 0.2) is 79.5 Å². The van der Waals surface area contributed by atoms with Crippen LogP contribution in [0.5, 0.6) is 5.75 Å². The molecule has 2 aromatic heterocycles. The van der Waals surface area contributed by atoms with E-state index < -0.39 is 0 Å². The van der Waals surface area contributed by atoms with Crippen molar-refractivity contribution in [1.29, 1.82) is 0 Å². The summed E-state index contributed by atoms with van der Waals surface area (Å²) in [4.78, 5) is 8.90. The van der Waals surface area contributed by atoms with E-state index in [1.54, 1.807) is 6.33 Å². The second kappa shape index (κ2) is 13.1. The van der Waals surface area contributed by atoms with Crippen molar-refractivity contribution in [3.8, 4) is 5.75 Å². The molecule has 2 atom stereocenters. The van der Waals surface area contributed by atoms with Crippen molar-refractivity contribution in [1.82, 2.24) is 25.2 Å². The third kappa shape index (κ3) is 7.16. The minimum atomic E-state index is 0.504. The van der Waals surface area contributed by atoms with Crippen molar-refractivity contribution < 1.29 is 4.74 Å². The summed E-state index contributed by atoms with van der Waals surface area (Å²) in [5.41, 5.74) is 9.76. The molecule has 206 valence electrons. The van der Waals surface area contributed by atoms with Gasteiger partial charge in [0.15, 0.2) is 0 Å². The van der Waals surface area contributed by atoms with Gasteiger partial charge in [-0.3, -0.25) is 0 Å². The van der Waals surface area contributed by atoms with Gasteiger partial charge in [-0.15, -0.1) is 0 Å². The molecule has 2 saturated carbocycles. The second-order valence-corrected chi connectivity index (χ2v) is 10.9. The van der Waals surface area contributed by atoms with Crippen molar-refractivity contribution in [3.63, 3.8) is 0 Å². The van der Waals surface area contributed by atoms with E-state index in [0.29, 0.717) is 29.5 Å². The Labute approximate surface area is 232 Å². The third-order valence-electron chi connectivity index (χ3n) is 7.92. The minimum Gasteiger partial charge on any atom is -0.458 e. The van der Waals surface area contributed by atoms with Crippen LogP contribution in [-0.2, 0) is 0 Å². The highest BCUT2D eigenvalue weighted by atomic mass is 16.5. The maximum Gasteiger partial charge on any atom is 0.146 e. The van der Waals surface area contributed by atoms with Crippen LogP contribution in [-0.4, -0.2) is 40.7 Å². The Morgan fingerprint density at radius 1 is 1.08 bits per heavy atom. The van der Waals surface area contributed by atoms with Gasteiger partial charge in [-0.1, -0.05) is 37.4 Å². The number of nitrogens with one attached hydrogen (secondary N) is 2. The average Bonchev–Trinajstić information content (AvgIpc) is 3.55. The van der Waals surface area contributed by atoms with Crippen molar-refractivity contribution in [2.24, 2.45) is 5.92 Å². The third-order valence-corrected chi connectivity index (χ3v) is 7.92. The molecular formula is C32H42N6O. The first kappa shape index (κ1) is 27.2. The zero-order valence-corrected chi connectivity index (χ0v) is 22.9. The van der Waals surface area contributed by atoms with Gasteiger partial charge in [0.1, 0.15) is 29.3 Å². The van der Waals surface area contributed by atoms with Crippen molar-refractivity contribution >= 4 is 16.9 Å². The molecule has 4 N–H and O–H groups in total. The van der Waals surface area contributed by atoms with Crippen LogP contribution in [0, 0.1) is 5.92 Å². The molecule has 7 heteroatoms. The molecule has 0 spiro atoms. The summed E-state index contributed by atoms with van der Waals surface area (Å²) in [5.74, 6) is 3.39. The molecule has 0 saturated heterocycles. The zero-order chi connectivity index (χ0) is 27.0. The minimum absolute atomic E-state index is 0.504. The number of benzene rings is 1. The number of allylic oxidation sites excluding steroid dienone is 2. The fraction of sp³-hybridized carbons (Fsp3) is 0.438. The van der Waals surface area contributed by atoms with Crippen molar-refractivity contribution in [3.05, 3.63) is 85.1 Å². The fourth-order valence-corrected chi connectivity index (χ4v) is 5.72. The maximum atomic E-state index is 6.26. The number of nitrogens with zero attached hydrogens (tertiary/aromatic N) is 3. The standard InChI is InChI=1S/C32H42N6O/c1-3-24(18-23(2)39-28-8-5-4-6-9-28)14-17-34-15-7-16-35-20-25-10-13-27(19-25)38-21-29(26-11-12-26)30-31(33)36-22-37-32(30)38/h3-6,8-9,18,21-22,25-27,34-35H,1-2,7,10-17,19-20H2,(H2,33,36,37)/b24-18+/t25-,27+/m1/s1. The Bertz CT molecular complexity index is 1290. The van der Waals surface area contributed by atoms with Gasteiger partial charge in [0.25, 0.3) is 0 Å². The van der Waals surface area contributed by atoms with Gasteiger partial charge in [0.2, 0.25) is 0 Å². The summed E-state index contributed by atoms with van der Waals surface area (Å²) < 4.78 is 8.17. The summed E-state index contributed by atoms with van der Waals surface area (Å²) in [6.45, 7) is 12.0. The van der Waals surface area contributed by atoms with Crippen LogP contribution in [0.3, 0.4) is 0 Å². The lowest BCUT2D eigenvalue weighted by atomic mass is 10.1. The first-order valence-electron chi connectivity index (χ1n) is 14.4. The zero-order valence-electron chi connectivity index (χ0n) is 22.9. The number of nitrogens with two attached hydrogens (primary N) is 1. The van der Waals surface area contributed by atoms with Crippen LogP contribution in [0.25, 0.3) is 11.0 Å². The molecular weight excluding hydrogens is 484 g/mol. The number of ether oxygens (including phenoxy) is 1. The lowest BCUT2D eigenvalue weighted by Gasteiger charge is -2.15. The maximum absolute atomic E-state index is 6.26. The van der Waals surface area contributed by atoms with Crippen LogP contribution in [0.2, 0.25) is 0 Å². The molecule has 2 fully saturated rings. The monoisotopic (exact) mass is 526 g/mol. The van der Waals surface area contributed by atoms with Crippen LogP contribution in [0.4, 0.5) is 5.82 Å². The Hall–Kier alpha value is -3.42. The number of anilines is 1. The molecule has 0 aliphatic heterocycles. The Morgan fingerprint density at radius 2 is 1.90 bits per heavy atom. The van der Waals surface area contributed by atoms with E-state index >= 15 is 0 Å². The van der Waals surface area contributed by atoms with Crippen molar-refractivity contribution in [2.45, 2.75) is 56.9 Å². The van der Waals surface area contributed by atoms with E-state index in [2.05, 4.69) is 44.5 Å². The molecule has 7 nitrogen and oxygen atoms in total. The van der Waals surface area contributed by atoms with E-state index in [1.807, 2.05) is 42.5 Å². The largest absolute Gasteiger partial charge is 0.458 e. The normalized spacial score (nSPS) is 19.4. The van der Waals surface area contributed by atoms with Crippen molar-refractivity contribution in [2.75, 3.05) is 31.9 Å². The molecule has 0 unspecified atom stereocenters. The molecule has 0 amide bonds. The van der Waals surface area contributed by atoms with E-state index in [4.69, 9.17) is 10.5 Å². The topological polar surface area (TPSA) is 90.0 Å². The summed E-state index contributed by atoms with van der Waals surface area (Å²) in [7, 11) is 0. The fourth-order valence-electron chi connectivity index (χ4n) is 5.72. The lowest BCUT2D eigenvalue weighted by Crippen LogP contribution is -2.26. The first-order chi connectivity index (χ1) is 19.1. The van der Waals surface area contributed by atoms with E-state index in [-0.39, 0.29) is 0 Å². The first-order valence-corrected chi connectivity index (χ1v) is 14.4. The number of nitrogen functional groups attached to an aromatic ring is 1. The van der Waals surface area contributed by atoms with Gasteiger partial charge in [0, 0.05) is 12.2 Å². The molecule has 5 rings (SSSR count). The van der Waals surface area contributed by atoms with Gasteiger partial charge in [-0.05, 0) is 112 Å². The van der Waals surface area contributed by atoms with Gasteiger partial charge >= 0.3 is 0 Å². The van der Waals surface area contributed by atoms with E-state index in [1.165, 1.54) is 37.7 Å². The predicted octanol–water partition coefficient (Wildman–Crippen LogP) is 5.90. The molecule has 0 bridgehead atoms. The van der Waals surface area contributed by atoms with Gasteiger partial charge in [-0.2, -0.15) is 0 Å². The summed E-state index contributed by atoms with van der Waals surface area (Å²) in [6, 6.07) is 10.2. The quantitative estimate of drug-likeness (QED) is 0.130. The van der Waals surface area contributed by atoms with Crippen LogP contribution in [0.1, 0.15) is 62.5 Å². The highest BCUT2D eigenvalue weighted by molar-refractivity contribution is 5.90. The van der Waals surface area contributed by atoms with E-state index in [0.717, 1.165) is 61.4 Å². The summed E-state index contributed by atoms with van der Waals surface area (Å²) in [5, 5.41) is 8.32. The molecule has 2 heterocycles. The summed E-state index contributed by atoms with van der Waals surface area (Å²) in [6.07, 6.45) is 15.9. The number of para-hydroxylation sites is 1.